The molecule has 1 atom stereocenters. The Morgan fingerprint density at radius 2 is 2.05 bits per heavy atom. The lowest BCUT2D eigenvalue weighted by molar-refractivity contribution is -0.119. The lowest BCUT2D eigenvalue weighted by Crippen LogP contribution is -2.36. The number of benzene rings is 1. The predicted molar refractivity (Wildman–Crippen MR) is 67.5 cm³/mol. The average Bonchev–Trinajstić information content (AvgIpc) is 2.75. The second-order valence-electron chi connectivity index (χ2n) is 4.31. The number of hydrogen-bond donors (Lipinski definition) is 2. The molecule has 1 fully saturated rings. The van der Waals surface area contributed by atoms with Gasteiger partial charge in [0.25, 0.3) is 0 Å². The van der Waals surface area contributed by atoms with Crippen LogP contribution in [-0.2, 0) is 21.2 Å². The molecule has 1 aromatic carbocycles. The van der Waals surface area contributed by atoms with Gasteiger partial charge in [-0.05, 0) is 17.7 Å². The van der Waals surface area contributed by atoms with Gasteiger partial charge in [0, 0.05) is 19.0 Å². The number of hydrogen-bond acceptors (Lipinski definition) is 4. The Bertz CT molecular complexity index is 617. The second-order valence-corrected chi connectivity index (χ2v) is 6.02. The zero-order valence-corrected chi connectivity index (χ0v) is 10.9. The molecule has 1 amide bonds. The Morgan fingerprint density at radius 3 is 2.58 bits per heavy atom. The van der Waals surface area contributed by atoms with Crippen molar-refractivity contribution in [3.8, 4) is 6.07 Å². The highest BCUT2D eigenvalue weighted by Gasteiger charge is 2.26. The van der Waals surface area contributed by atoms with Crippen LogP contribution in [0.2, 0.25) is 0 Å². The fourth-order valence-corrected chi connectivity index (χ4v) is 3.09. The number of nitrogens with zero attached hydrogens (tertiary/aromatic N) is 1. The van der Waals surface area contributed by atoms with Gasteiger partial charge in [0.1, 0.15) is 0 Å². The summed E-state index contributed by atoms with van der Waals surface area (Å²) in [6, 6.07) is 7.72. The third-order valence-corrected chi connectivity index (χ3v) is 4.35. The van der Waals surface area contributed by atoms with Gasteiger partial charge < -0.3 is 5.32 Å². The van der Waals surface area contributed by atoms with Crippen LogP contribution in [-0.4, -0.2) is 26.9 Å². The number of nitriles is 1. The van der Waals surface area contributed by atoms with Crippen LogP contribution in [0.1, 0.15) is 12.0 Å². The maximum absolute atomic E-state index is 12.0. The molecule has 0 bridgehead atoms. The zero-order chi connectivity index (χ0) is 13.9. The highest BCUT2D eigenvalue weighted by molar-refractivity contribution is 7.89. The molecule has 19 heavy (non-hydrogen) atoms. The van der Waals surface area contributed by atoms with Crippen molar-refractivity contribution >= 4 is 15.9 Å². The first-order valence-electron chi connectivity index (χ1n) is 5.76. The van der Waals surface area contributed by atoms with Crippen LogP contribution in [0.3, 0.4) is 0 Å². The molecule has 0 aromatic heterocycles. The predicted octanol–water partition coefficient (Wildman–Crippen LogP) is -0.0805. The van der Waals surface area contributed by atoms with Gasteiger partial charge in [-0.3, -0.25) is 4.79 Å². The van der Waals surface area contributed by atoms with E-state index < -0.39 is 16.1 Å². The summed E-state index contributed by atoms with van der Waals surface area (Å²) in [5, 5.41) is 11.1. The summed E-state index contributed by atoms with van der Waals surface area (Å²) < 4.78 is 26.6. The Labute approximate surface area is 111 Å². The van der Waals surface area contributed by atoms with Crippen molar-refractivity contribution in [3.63, 3.8) is 0 Å². The molecule has 0 aliphatic carbocycles. The maximum Gasteiger partial charge on any atom is 0.240 e. The molecular weight excluding hydrogens is 266 g/mol. The lowest BCUT2D eigenvalue weighted by atomic mass is 10.2. The van der Waals surface area contributed by atoms with Crippen molar-refractivity contribution in [2.45, 2.75) is 23.8 Å². The van der Waals surface area contributed by atoms with Gasteiger partial charge in [-0.2, -0.15) is 5.26 Å². The van der Waals surface area contributed by atoms with E-state index in [0.717, 1.165) is 5.56 Å². The summed E-state index contributed by atoms with van der Waals surface area (Å²) in [7, 11) is -3.62. The van der Waals surface area contributed by atoms with Crippen LogP contribution in [0.4, 0.5) is 0 Å². The van der Waals surface area contributed by atoms with Crippen molar-refractivity contribution in [3.05, 3.63) is 29.8 Å². The molecule has 2 N–H and O–H groups in total. The van der Waals surface area contributed by atoms with Crippen LogP contribution < -0.4 is 10.0 Å². The SMILES string of the molecule is N#CCc1ccc(S(=O)(=O)NC2CNC(=O)C2)cc1. The second kappa shape index (κ2) is 5.38. The number of carbonyl (C=O) groups excluding carboxylic acids is 1. The summed E-state index contributed by atoms with van der Waals surface area (Å²) in [5.41, 5.74) is 0.763. The van der Waals surface area contributed by atoms with E-state index in [4.69, 9.17) is 5.26 Å². The minimum atomic E-state index is -3.62. The number of sulfonamides is 1. The van der Waals surface area contributed by atoms with Crippen molar-refractivity contribution in [1.82, 2.24) is 10.0 Å². The van der Waals surface area contributed by atoms with Gasteiger partial charge >= 0.3 is 0 Å². The number of rotatable bonds is 4. The molecule has 2 rings (SSSR count). The summed E-state index contributed by atoms with van der Waals surface area (Å²) in [4.78, 5) is 11.1. The fourth-order valence-electron chi connectivity index (χ4n) is 1.85. The van der Waals surface area contributed by atoms with Crippen molar-refractivity contribution < 1.29 is 13.2 Å². The van der Waals surface area contributed by atoms with Gasteiger partial charge in [-0.1, -0.05) is 12.1 Å². The molecule has 6 nitrogen and oxygen atoms in total. The van der Waals surface area contributed by atoms with Crippen LogP contribution >= 0.6 is 0 Å². The molecule has 1 aliphatic heterocycles. The van der Waals surface area contributed by atoms with Crippen molar-refractivity contribution in [2.75, 3.05) is 6.54 Å². The minimum absolute atomic E-state index is 0.133. The Balaban J connectivity index is 2.11. The van der Waals surface area contributed by atoms with E-state index in [0.29, 0.717) is 6.54 Å². The van der Waals surface area contributed by atoms with Crippen LogP contribution in [0.15, 0.2) is 29.2 Å². The highest BCUT2D eigenvalue weighted by atomic mass is 32.2. The number of carbonyl (C=O) groups is 1. The molecule has 1 saturated heterocycles. The van der Waals surface area contributed by atoms with E-state index in [1.165, 1.54) is 12.1 Å². The molecule has 1 aliphatic rings. The first-order valence-corrected chi connectivity index (χ1v) is 7.24. The third kappa shape index (κ3) is 3.30. The molecule has 7 heteroatoms. The molecule has 100 valence electrons. The zero-order valence-electron chi connectivity index (χ0n) is 10.1. The summed E-state index contributed by atoms with van der Waals surface area (Å²) in [6.07, 6.45) is 0.403. The van der Waals surface area contributed by atoms with E-state index in [1.807, 2.05) is 6.07 Å². The Hall–Kier alpha value is -1.91. The van der Waals surface area contributed by atoms with Gasteiger partial charge in [0.15, 0.2) is 0 Å². The van der Waals surface area contributed by atoms with Crippen LogP contribution in [0.25, 0.3) is 0 Å². The highest BCUT2D eigenvalue weighted by Crippen LogP contribution is 2.13. The van der Waals surface area contributed by atoms with E-state index in [-0.39, 0.29) is 23.6 Å². The molecular formula is C12H13N3O3S. The van der Waals surface area contributed by atoms with Gasteiger partial charge in [-0.25, -0.2) is 13.1 Å². The molecule has 0 saturated carbocycles. The first-order chi connectivity index (χ1) is 9.01. The quantitative estimate of drug-likeness (QED) is 0.805. The van der Waals surface area contributed by atoms with Crippen LogP contribution in [0, 0.1) is 11.3 Å². The maximum atomic E-state index is 12.0. The number of nitrogens with one attached hydrogen (secondary N) is 2. The fraction of sp³-hybridized carbons (Fsp3) is 0.333. The monoisotopic (exact) mass is 279 g/mol. The Kier molecular flexibility index (Phi) is 3.83. The van der Waals surface area contributed by atoms with E-state index >= 15 is 0 Å². The van der Waals surface area contributed by atoms with Crippen LogP contribution in [0.5, 0.6) is 0 Å². The van der Waals surface area contributed by atoms with E-state index in [2.05, 4.69) is 10.0 Å². The lowest BCUT2D eigenvalue weighted by Gasteiger charge is -2.11. The summed E-state index contributed by atoms with van der Waals surface area (Å²) >= 11 is 0. The van der Waals surface area contributed by atoms with Gasteiger partial charge in [0.2, 0.25) is 15.9 Å². The van der Waals surface area contributed by atoms with Crippen molar-refractivity contribution in [2.24, 2.45) is 0 Å². The summed E-state index contributed by atoms with van der Waals surface area (Å²) in [6.45, 7) is 0.310. The van der Waals surface area contributed by atoms with E-state index in [9.17, 15) is 13.2 Å². The summed E-state index contributed by atoms with van der Waals surface area (Å²) in [5.74, 6) is -0.155. The first kappa shape index (κ1) is 13.5. The number of amides is 1. The average molecular weight is 279 g/mol. The standard InChI is InChI=1S/C12H13N3O3S/c13-6-5-9-1-3-11(4-2-9)19(17,18)15-10-7-12(16)14-8-10/h1-4,10,15H,5,7-8H2,(H,14,16). The normalized spacial score (nSPS) is 18.9. The molecule has 0 radical (unpaired) electrons. The molecule has 1 unspecified atom stereocenters. The molecule has 1 heterocycles. The van der Waals surface area contributed by atoms with Gasteiger partial charge in [-0.15, -0.1) is 0 Å². The third-order valence-electron chi connectivity index (χ3n) is 2.82. The molecule has 0 spiro atoms. The van der Waals surface area contributed by atoms with E-state index in [1.54, 1.807) is 12.1 Å². The van der Waals surface area contributed by atoms with Crippen molar-refractivity contribution in [1.29, 1.82) is 5.26 Å². The van der Waals surface area contributed by atoms with Gasteiger partial charge in [0.05, 0.1) is 17.4 Å². The topological polar surface area (TPSA) is 99.1 Å². The molecule has 1 aromatic rings. The smallest absolute Gasteiger partial charge is 0.240 e. The Morgan fingerprint density at radius 1 is 1.37 bits per heavy atom. The largest absolute Gasteiger partial charge is 0.354 e. The minimum Gasteiger partial charge on any atom is -0.354 e.